The van der Waals surface area contributed by atoms with Gasteiger partial charge in [-0.15, -0.1) is 0 Å². The van der Waals surface area contributed by atoms with E-state index < -0.39 is 18.0 Å². The zero-order chi connectivity index (χ0) is 16.1. The van der Waals surface area contributed by atoms with Gasteiger partial charge in [-0.05, 0) is 37.1 Å². The van der Waals surface area contributed by atoms with Crippen molar-refractivity contribution < 1.29 is 14.3 Å². The maximum Gasteiger partial charge on any atom is 0.319 e. The lowest BCUT2D eigenvalue weighted by Gasteiger charge is -2.13. The van der Waals surface area contributed by atoms with Gasteiger partial charge in [-0.25, -0.2) is 9.18 Å². The Kier molecular flexibility index (Phi) is 5.12. The minimum atomic E-state index is -0.811. The largest absolute Gasteiger partial charge is 0.387 e. The van der Waals surface area contributed by atoms with Gasteiger partial charge in [0.2, 0.25) is 0 Å². The van der Waals surface area contributed by atoms with Crippen LogP contribution in [0.3, 0.4) is 0 Å². The first-order valence-corrected chi connectivity index (χ1v) is 7.01. The van der Waals surface area contributed by atoms with Gasteiger partial charge in [0.05, 0.1) is 11.8 Å². The van der Waals surface area contributed by atoms with Crippen LogP contribution in [-0.2, 0) is 0 Å². The van der Waals surface area contributed by atoms with Crippen LogP contribution in [-0.4, -0.2) is 17.7 Å². The van der Waals surface area contributed by atoms with Gasteiger partial charge in [0.1, 0.15) is 5.82 Å². The molecule has 1 atom stereocenters. The topological polar surface area (TPSA) is 61.4 Å². The highest BCUT2D eigenvalue weighted by Crippen LogP contribution is 2.15. The highest BCUT2D eigenvalue weighted by Gasteiger charge is 2.11. The summed E-state index contributed by atoms with van der Waals surface area (Å²) in [5, 5.41) is 14.9. The number of nitrogens with one attached hydrogen (secondary N) is 2. The number of carbonyl (C=O) groups excluding carboxylic acids is 1. The molecule has 3 N–H and O–H groups in total. The average Bonchev–Trinajstić information content (AvgIpc) is 2.48. The molecule has 2 amide bonds. The van der Waals surface area contributed by atoms with E-state index in [4.69, 9.17) is 0 Å². The molecule has 22 heavy (non-hydrogen) atoms. The number of hydrogen-bond donors (Lipinski definition) is 3. The molecule has 2 aromatic rings. The van der Waals surface area contributed by atoms with Crippen LogP contribution < -0.4 is 10.6 Å². The SMILES string of the molecule is Cc1ccc([C@@H](O)CNC(=O)Nc2ccc(C)cc2F)cc1. The Hall–Kier alpha value is -2.40. The van der Waals surface area contributed by atoms with Gasteiger partial charge in [0, 0.05) is 6.54 Å². The summed E-state index contributed by atoms with van der Waals surface area (Å²) >= 11 is 0. The van der Waals surface area contributed by atoms with Gasteiger partial charge in [-0.3, -0.25) is 0 Å². The van der Waals surface area contributed by atoms with E-state index in [9.17, 15) is 14.3 Å². The Morgan fingerprint density at radius 1 is 1.14 bits per heavy atom. The van der Waals surface area contributed by atoms with Gasteiger partial charge >= 0.3 is 6.03 Å². The Morgan fingerprint density at radius 2 is 1.77 bits per heavy atom. The molecule has 0 saturated carbocycles. The van der Waals surface area contributed by atoms with Crippen LogP contribution >= 0.6 is 0 Å². The van der Waals surface area contributed by atoms with E-state index in [2.05, 4.69) is 10.6 Å². The van der Waals surface area contributed by atoms with Crippen molar-refractivity contribution in [1.29, 1.82) is 0 Å². The number of carbonyl (C=O) groups is 1. The standard InChI is InChI=1S/C17H19FN2O2/c1-11-3-6-13(7-4-11)16(21)10-19-17(22)20-15-8-5-12(2)9-14(15)18/h3-9,16,21H,10H2,1-2H3,(H2,19,20,22)/t16-/m0/s1. The van der Waals surface area contributed by atoms with E-state index >= 15 is 0 Å². The molecule has 0 saturated heterocycles. The highest BCUT2D eigenvalue weighted by atomic mass is 19.1. The molecule has 0 fully saturated rings. The van der Waals surface area contributed by atoms with Crippen LogP contribution in [0.5, 0.6) is 0 Å². The fourth-order valence-electron chi connectivity index (χ4n) is 1.98. The van der Waals surface area contributed by atoms with Crippen LogP contribution in [0.2, 0.25) is 0 Å². The Balaban J connectivity index is 1.88. The summed E-state index contributed by atoms with van der Waals surface area (Å²) in [4.78, 5) is 11.7. The second-order valence-corrected chi connectivity index (χ2v) is 5.24. The molecular weight excluding hydrogens is 283 g/mol. The number of hydrogen-bond acceptors (Lipinski definition) is 2. The first-order chi connectivity index (χ1) is 10.5. The molecule has 0 aliphatic heterocycles. The second kappa shape index (κ2) is 7.04. The Labute approximate surface area is 129 Å². The monoisotopic (exact) mass is 302 g/mol. The first-order valence-electron chi connectivity index (χ1n) is 7.01. The van der Waals surface area contributed by atoms with Gasteiger partial charge in [-0.1, -0.05) is 35.9 Å². The molecule has 0 unspecified atom stereocenters. The predicted octanol–water partition coefficient (Wildman–Crippen LogP) is 3.30. The van der Waals surface area contributed by atoms with Gasteiger partial charge in [0.15, 0.2) is 0 Å². The highest BCUT2D eigenvalue weighted by molar-refractivity contribution is 5.89. The quantitative estimate of drug-likeness (QED) is 0.811. The third-order valence-electron chi connectivity index (χ3n) is 3.29. The summed E-state index contributed by atoms with van der Waals surface area (Å²) < 4.78 is 13.6. The van der Waals surface area contributed by atoms with Crippen molar-refractivity contribution in [3.63, 3.8) is 0 Å². The lowest BCUT2D eigenvalue weighted by atomic mass is 10.1. The number of amides is 2. The number of halogens is 1. The van der Waals surface area contributed by atoms with E-state index in [1.165, 1.54) is 12.1 Å². The van der Waals surface area contributed by atoms with Crippen LogP contribution in [0.4, 0.5) is 14.9 Å². The molecule has 0 aliphatic rings. The first kappa shape index (κ1) is 16.0. The lowest BCUT2D eigenvalue weighted by molar-refractivity contribution is 0.175. The van der Waals surface area contributed by atoms with Gasteiger partial charge in [-0.2, -0.15) is 0 Å². The smallest absolute Gasteiger partial charge is 0.319 e. The fraction of sp³-hybridized carbons (Fsp3) is 0.235. The van der Waals surface area contributed by atoms with Crippen molar-refractivity contribution in [2.75, 3.05) is 11.9 Å². The number of anilines is 1. The Bertz CT molecular complexity index is 656. The zero-order valence-corrected chi connectivity index (χ0v) is 12.6. The lowest BCUT2D eigenvalue weighted by Crippen LogP contribution is -2.32. The number of aliphatic hydroxyl groups is 1. The second-order valence-electron chi connectivity index (χ2n) is 5.24. The van der Waals surface area contributed by atoms with E-state index in [1.807, 2.05) is 19.1 Å². The molecular formula is C17H19FN2O2. The molecule has 0 radical (unpaired) electrons. The molecule has 0 aliphatic carbocycles. The van der Waals surface area contributed by atoms with Crippen LogP contribution in [0.1, 0.15) is 22.8 Å². The molecule has 4 nitrogen and oxygen atoms in total. The van der Waals surface area contributed by atoms with E-state index in [1.54, 1.807) is 25.1 Å². The van der Waals surface area contributed by atoms with Crippen molar-refractivity contribution in [3.8, 4) is 0 Å². The summed E-state index contributed by atoms with van der Waals surface area (Å²) in [6, 6.07) is 11.4. The van der Waals surface area contributed by atoms with Crippen LogP contribution in [0.25, 0.3) is 0 Å². The van der Waals surface area contributed by atoms with E-state index in [0.29, 0.717) is 5.56 Å². The Morgan fingerprint density at radius 3 is 2.41 bits per heavy atom. The third-order valence-corrected chi connectivity index (χ3v) is 3.29. The number of aliphatic hydroxyl groups excluding tert-OH is 1. The molecule has 0 spiro atoms. The van der Waals surface area contributed by atoms with Crippen molar-refractivity contribution in [3.05, 3.63) is 65.0 Å². The number of aryl methyl sites for hydroxylation is 2. The predicted molar refractivity (Wildman–Crippen MR) is 84.3 cm³/mol. The maximum atomic E-state index is 13.6. The third kappa shape index (κ3) is 4.30. The molecule has 116 valence electrons. The van der Waals surface area contributed by atoms with E-state index in [-0.39, 0.29) is 12.2 Å². The van der Waals surface area contributed by atoms with Crippen molar-refractivity contribution in [2.24, 2.45) is 0 Å². The van der Waals surface area contributed by atoms with Crippen molar-refractivity contribution in [2.45, 2.75) is 20.0 Å². The van der Waals surface area contributed by atoms with Gasteiger partial charge < -0.3 is 15.7 Å². The molecule has 0 heterocycles. The summed E-state index contributed by atoms with van der Waals surface area (Å²) in [5.74, 6) is -0.491. The molecule has 0 bridgehead atoms. The average molecular weight is 302 g/mol. The summed E-state index contributed by atoms with van der Waals surface area (Å²) in [6.45, 7) is 3.77. The number of urea groups is 1. The van der Waals surface area contributed by atoms with E-state index in [0.717, 1.165) is 11.1 Å². The molecule has 2 aromatic carbocycles. The molecule has 0 aromatic heterocycles. The summed E-state index contributed by atoms with van der Waals surface area (Å²) in [6.07, 6.45) is -0.811. The molecule has 5 heteroatoms. The summed E-state index contributed by atoms with van der Waals surface area (Å²) in [7, 11) is 0. The molecule has 2 rings (SSSR count). The maximum absolute atomic E-state index is 13.6. The van der Waals surface area contributed by atoms with Crippen LogP contribution in [0, 0.1) is 19.7 Å². The summed E-state index contributed by atoms with van der Waals surface area (Å²) in [5.41, 5.74) is 2.69. The minimum absolute atomic E-state index is 0.0440. The number of rotatable bonds is 4. The number of benzene rings is 2. The normalized spacial score (nSPS) is 11.8. The minimum Gasteiger partial charge on any atom is -0.387 e. The van der Waals surface area contributed by atoms with Crippen LogP contribution in [0.15, 0.2) is 42.5 Å². The zero-order valence-electron chi connectivity index (χ0n) is 12.6. The van der Waals surface area contributed by atoms with Crippen molar-refractivity contribution in [1.82, 2.24) is 5.32 Å². The van der Waals surface area contributed by atoms with Gasteiger partial charge in [0.25, 0.3) is 0 Å². The fourth-order valence-corrected chi connectivity index (χ4v) is 1.98. The van der Waals surface area contributed by atoms with Crippen molar-refractivity contribution >= 4 is 11.7 Å².